The molecule has 154 valence electrons. The van der Waals surface area contributed by atoms with Crippen LogP contribution in [-0.4, -0.2) is 37.6 Å². The van der Waals surface area contributed by atoms with Crippen molar-refractivity contribution < 1.29 is 28.7 Å². The number of carbonyl (C=O) groups excluding carboxylic acids is 2. The number of methoxy groups -OCH3 is 2. The summed E-state index contributed by atoms with van der Waals surface area (Å²) in [6.45, 7) is -0.732. The number of nitro benzene ring substituents is 1. The molecule has 2 aromatic rings. The van der Waals surface area contributed by atoms with Crippen LogP contribution in [0.3, 0.4) is 0 Å². The van der Waals surface area contributed by atoms with Gasteiger partial charge in [0.15, 0.2) is 6.61 Å². The topological polar surface area (TPSA) is 141 Å². The number of rotatable bonds is 8. The Hall–Kier alpha value is -4.39. The van der Waals surface area contributed by atoms with Crippen molar-refractivity contribution in [1.82, 2.24) is 0 Å². The molecule has 10 nitrogen and oxygen atoms in total. The molecule has 2 aromatic carbocycles. The number of ether oxygens (including phenoxy) is 3. The Labute approximate surface area is 171 Å². The van der Waals surface area contributed by atoms with E-state index in [0.29, 0.717) is 11.3 Å². The van der Waals surface area contributed by atoms with E-state index in [0.717, 1.165) is 6.07 Å². The van der Waals surface area contributed by atoms with Crippen molar-refractivity contribution in [3.05, 3.63) is 63.7 Å². The van der Waals surface area contributed by atoms with Crippen LogP contribution in [0.15, 0.2) is 48.0 Å². The molecule has 0 bridgehead atoms. The van der Waals surface area contributed by atoms with Gasteiger partial charge in [-0.1, -0.05) is 12.1 Å². The number of esters is 1. The fourth-order valence-corrected chi connectivity index (χ4v) is 2.29. The number of hydrogen-bond donors (Lipinski definition) is 1. The molecule has 0 aliphatic rings. The van der Waals surface area contributed by atoms with Crippen LogP contribution in [0.4, 0.5) is 11.4 Å². The lowest BCUT2D eigenvalue weighted by atomic mass is 10.1. The first-order valence-corrected chi connectivity index (χ1v) is 8.43. The number of nitrogens with zero attached hydrogens (tertiary/aromatic N) is 2. The number of benzene rings is 2. The summed E-state index contributed by atoms with van der Waals surface area (Å²) in [5.74, 6) is -0.961. The molecule has 1 N–H and O–H groups in total. The van der Waals surface area contributed by atoms with Crippen LogP contribution in [0, 0.1) is 21.4 Å². The van der Waals surface area contributed by atoms with E-state index < -0.39 is 23.4 Å². The van der Waals surface area contributed by atoms with Crippen LogP contribution in [0.5, 0.6) is 11.5 Å². The molecule has 0 radical (unpaired) electrons. The van der Waals surface area contributed by atoms with Crippen LogP contribution in [-0.2, 0) is 14.3 Å². The second kappa shape index (κ2) is 10.2. The van der Waals surface area contributed by atoms with Crippen molar-refractivity contribution in [1.29, 1.82) is 5.26 Å². The second-order valence-corrected chi connectivity index (χ2v) is 5.71. The van der Waals surface area contributed by atoms with Crippen LogP contribution in [0.1, 0.15) is 5.56 Å². The molecule has 2 rings (SSSR count). The maximum atomic E-state index is 12.1. The van der Waals surface area contributed by atoms with Gasteiger partial charge in [0.1, 0.15) is 28.8 Å². The maximum Gasteiger partial charge on any atom is 0.349 e. The molecule has 0 aliphatic carbocycles. The van der Waals surface area contributed by atoms with E-state index in [1.807, 2.05) is 0 Å². The highest BCUT2D eigenvalue weighted by atomic mass is 16.6. The highest BCUT2D eigenvalue weighted by Crippen LogP contribution is 2.28. The summed E-state index contributed by atoms with van der Waals surface area (Å²) in [5.41, 5.74) is -0.228. The Morgan fingerprint density at radius 1 is 1.13 bits per heavy atom. The zero-order chi connectivity index (χ0) is 22.1. The zero-order valence-corrected chi connectivity index (χ0v) is 16.1. The van der Waals surface area contributed by atoms with Crippen LogP contribution in [0.2, 0.25) is 0 Å². The third-order valence-electron chi connectivity index (χ3n) is 3.78. The summed E-state index contributed by atoms with van der Waals surface area (Å²) in [6, 6.07) is 12.2. The first kappa shape index (κ1) is 21.9. The zero-order valence-electron chi connectivity index (χ0n) is 16.1. The van der Waals surface area contributed by atoms with E-state index >= 15 is 0 Å². The second-order valence-electron chi connectivity index (χ2n) is 5.71. The Balaban J connectivity index is 2.02. The number of anilines is 1. The molecule has 30 heavy (non-hydrogen) atoms. The van der Waals surface area contributed by atoms with E-state index in [4.69, 9.17) is 14.2 Å². The molecule has 0 unspecified atom stereocenters. The van der Waals surface area contributed by atoms with Crippen molar-refractivity contribution in [3.63, 3.8) is 0 Å². The van der Waals surface area contributed by atoms with Crippen molar-refractivity contribution in [3.8, 4) is 17.6 Å². The van der Waals surface area contributed by atoms with Crippen molar-refractivity contribution >= 4 is 29.3 Å². The third-order valence-corrected chi connectivity index (χ3v) is 3.78. The number of hydrogen-bond acceptors (Lipinski definition) is 8. The van der Waals surface area contributed by atoms with Crippen LogP contribution in [0.25, 0.3) is 6.08 Å². The molecule has 0 saturated heterocycles. The van der Waals surface area contributed by atoms with E-state index in [1.54, 1.807) is 30.3 Å². The number of carbonyl (C=O) groups is 2. The molecule has 0 aliphatic heterocycles. The summed E-state index contributed by atoms with van der Waals surface area (Å²) in [7, 11) is 2.86. The van der Waals surface area contributed by atoms with Crippen LogP contribution < -0.4 is 14.8 Å². The summed E-state index contributed by atoms with van der Waals surface area (Å²) in [5, 5.41) is 22.6. The summed E-state index contributed by atoms with van der Waals surface area (Å²) in [4.78, 5) is 34.6. The Morgan fingerprint density at radius 2 is 1.77 bits per heavy atom. The van der Waals surface area contributed by atoms with E-state index in [1.165, 1.54) is 32.4 Å². The van der Waals surface area contributed by atoms with Crippen LogP contribution >= 0.6 is 0 Å². The van der Waals surface area contributed by atoms with Crippen molar-refractivity contribution in [2.75, 3.05) is 26.1 Å². The lowest BCUT2D eigenvalue weighted by molar-refractivity contribution is -0.384. The normalized spacial score (nSPS) is 10.5. The number of nitriles is 1. The van der Waals surface area contributed by atoms with Gasteiger partial charge in [-0.3, -0.25) is 14.9 Å². The molecule has 10 heteroatoms. The Bertz CT molecular complexity index is 1020. The van der Waals surface area contributed by atoms with Gasteiger partial charge < -0.3 is 19.5 Å². The SMILES string of the molecule is COc1ccc(/C=C(\C#N)C(=O)OCC(=O)Nc2ccc(OC)cc2[N+](=O)[O-])cc1. The predicted octanol–water partition coefficient (Wildman–Crippen LogP) is 2.70. The number of amides is 1. The molecule has 0 saturated carbocycles. The molecular formula is C20H17N3O7. The first-order chi connectivity index (χ1) is 14.4. The fraction of sp³-hybridized carbons (Fsp3) is 0.150. The molecule has 0 aromatic heterocycles. The van der Waals surface area contributed by atoms with Gasteiger partial charge in [0.05, 0.1) is 25.2 Å². The number of nitrogens with one attached hydrogen (secondary N) is 1. The molecule has 0 atom stereocenters. The smallest absolute Gasteiger partial charge is 0.349 e. The minimum atomic E-state index is -1.01. The Kier molecular flexibility index (Phi) is 7.47. The summed E-state index contributed by atoms with van der Waals surface area (Å²) < 4.78 is 14.8. The highest BCUT2D eigenvalue weighted by molar-refractivity contribution is 6.00. The highest BCUT2D eigenvalue weighted by Gasteiger charge is 2.19. The van der Waals surface area contributed by atoms with Gasteiger partial charge in [-0.2, -0.15) is 5.26 Å². The standard InChI is InChI=1S/C20H17N3O7/c1-28-15-5-3-13(4-6-15)9-14(11-21)20(25)30-12-19(24)22-17-8-7-16(29-2)10-18(17)23(26)27/h3-10H,12H2,1-2H3,(H,22,24)/b14-9+. The van der Waals surface area contributed by atoms with E-state index in [2.05, 4.69) is 5.32 Å². The molecule has 0 fully saturated rings. The summed E-state index contributed by atoms with van der Waals surface area (Å²) >= 11 is 0. The summed E-state index contributed by atoms with van der Waals surface area (Å²) in [6.07, 6.45) is 1.30. The van der Waals surface area contributed by atoms with E-state index in [-0.39, 0.29) is 22.7 Å². The fourth-order valence-electron chi connectivity index (χ4n) is 2.29. The average molecular weight is 411 g/mol. The van der Waals surface area contributed by atoms with Gasteiger partial charge in [0.25, 0.3) is 11.6 Å². The van der Waals surface area contributed by atoms with E-state index in [9.17, 15) is 25.0 Å². The van der Waals surface area contributed by atoms with Gasteiger partial charge in [0.2, 0.25) is 0 Å². The van der Waals surface area contributed by atoms with Gasteiger partial charge in [-0.15, -0.1) is 0 Å². The molecular weight excluding hydrogens is 394 g/mol. The molecule has 0 spiro atoms. The lowest BCUT2D eigenvalue weighted by Crippen LogP contribution is -2.21. The monoisotopic (exact) mass is 411 g/mol. The van der Waals surface area contributed by atoms with Gasteiger partial charge in [0, 0.05) is 0 Å². The maximum absolute atomic E-state index is 12.1. The van der Waals surface area contributed by atoms with Crippen molar-refractivity contribution in [2.24, 2.45) is 0 Å². The largest absolute Gasteiger partial charge is 0.497 e. The predicted molar refractivity (Wildman–Crippen MR) is 106 cm³/mol. The van der Waals surface area contributed by atoms with Crippen molar-refractivity contribution in [2.45, 2.75) is 0 Å². The average Bonchev–Trinajstić information content (AvgIpc) is 2.76. The van der Waals surface area contributed by atoms with Gasteiger partial charge in [-0.05, 0) is 35.9 Å². The van der Waals surface area contributed by atoms with Gasteiger partial charge in [-0.25, -0.2) is 4.79 Å². The number of nitro groups is 1. The minimum Gasteiger partial charge on any atom is -0.497 e. The molecule has 1 amide bonds. The lowest BCUT2D eigenvalue weighted by Gasteiger charge is -2.08. The molecule has 0 heterocycles. The first-order valence-electron chi connectivity index (χ1n) is 8.43. The van der Waals surface area contributed by atoms with Gasteiger partial charge >= 0.3 is 5.97 Å². The minimum absolute atomic E-state index is 0.0869. The third kappa shape index (κ3) is 5.80. The quantitative estimate of drug-likeness (QED) is 0.230. The Morgan fingerprint density at radius 3 is 2.33 bits per heavy atom.